The highest BCUT2D eigenvalue weighted by Gasteiger charge is 2.25. The molecule has 5 heteroatoms. The van der Waals surface area contributed by atoms with Crippen molar-refractivity contribution in [3.05, 3.63) is 0 Å². The molecule has 1 atom stereocenters. The van der Waals surface area contributed by atoms with E-state index in [1.54, 1.807) is 0 Å². The summed E-state index contributed by atoms with van der Waals surface area (Å²) in [5.41, 5.74) is 0. The second kappa shape index (κ2) is 12.6. The molecule has 0 aromatic heterocycles. The van der Waals surface area contributed by atoms with Gasteiger partial charge in [-0.05, 0) is 12.3 Å². The molecule has 0 rings (SSSR count). The molecule has 0 spiro atoms. The highest BCUT2D eigenvalue weighted by atomic mass is 16.5. The van der Waals surface area contributed by atoms with Gasteiger partial charge in [0.05, 0.1) is 6.61 Å². The molecule has 2 N–H and O–H groups in total. The Kier molecular flexibility index (Phi) is 12.0. The second-order valence-corrected chi connectivity index (χ2v) is 5.70. The van der Waals surface area contributed by atoms with Crippen molar-refractivity contribution in [2.45, 2.75) is 71.8 Å². The van der Waals surface area contributed by atoms with E-state index < -0.39 is 12.0 Å². The van der Waals surface area contributed by atoms with Gasteiger partial charge in [-0.1, -0.05) is 46.5 Å². The number of hydrogen-bond acceptors (Lipinski definition) is 4. The predicted molar refractivity (Wildman–Crippen MR) is 82.8 cm³/mol. The second-order valence-electron chi connectivity index (χ2n) is 5.70. The van der Waals surface area contributed by atoms with Gasteiger partial charge >= 0.3 is 5.97 Å². The first-order valence-electron chi connectivity index (χ1n) is 8.09. The van der Waals surface area contributed by atoms with Crippen LogP contribution in [0.3, 0.4) is 0 Å². The van der Waals surface area contributed by atoms with Crippen LogP contribution in [0.15, 0.2) is 0 Å². The van der Waals surface area contributed by atoms with Crippen LogP contribution in [-0.2, 0) is 14.3 Å². The van der Waals surface area contributed by atoms with E-state index in [-0.39, 0.29) is 25.0 Å². The summed E-state index contributed by atoms with van der Waals surface area (Å²) in [6, 6.07) is -0.605. The lowest BCUT2D eigenvalue weighted by molar-refractivity contribution is -0.149. The van der Waals surface area contributed by atoms with Gasteiger partial charge in [0.2, 0.25) is 5.91 Å². The average Bonchev–Trinajstić information content (AvgIpc) is 2.44. The molecule has 0 radical (unpaired) electrons. The number of amides is 1. The Labute approximate surface area is 128 Å². The molecule has 21 heavy (non-hydrogen) atoms. The van der Waals surface area contributed by atoms with Crippen LogP contribution in [0, 0.1) is 5.92 Å². The Hall–Kier alpha value is -1.10. The maximum Gasteiger partial charge on any atom is 0.328 e. The molecular weight excluding hydrogens is 270 g/mol. The van der Waals surface area contributed by atoms with Gasteiger partial charge in [0.1, 0.15) is 6.04 Å². The number of unbranched alkanes of at least 4 members (excludes halogenated alkanes) is 4. The van der Waals surface area contributed by atoms with E-state index in [9.17, 15) is 9.59 Å². The monoisotopic (exact) mass is 301 g/mol. The van der Waals surface area contributed by atoms with Gasteiger partial charge < -0.3 is 15.2 Å². The zero-order valence-corrected chi connectivity index (χ0v) is 13.7. The lowest BCUT2D eigenvalue weighted by Crippen LogP contribution is -2.45. The quantitative estimate of drug-likeness (QED) is 0.429. The number of carbonyl (C=O) groups is 2. The lowest BCUT2D eigenvalue weighted by Gasteiger charge is -2.20. The van der Waals surface area contributed by atoms with E-state index in [2.05, 4.69) is 12.2 Å². The zero-order chi connectivity index (χ0) is 16.1. The minimum Gasteiger partial charge on any atom is -0.464 e. The molecule has 1 unspecified atom stereocenters. The van der Waals surface area contributed by atoms with Crippen molar-refractivity contribution < 1.29 is 19.4 Å². The number of aliphatic hydroxyl groups is 1. The highest BCUT2D eigenvalue weighted by molar-refractivity contribution is 5.84. The molecular formula is C16H31NO4. The first-order chi connectivity index (χ1) is 10.0. The van der Waals surface area contributed by atoms with Crippen LogP contribution in [0.2, 0.25) is 0 Å². The summed E-state index contributed by atoms with van der Waals surface area (Å²) in [4.78, 5) is 23.8. The zero-order valence-electron chi connectivity index (χ0n) is 13.7. The maximum atomic E-state index is 11.9. The Morgan fingerprint density at radius 2 is 1.76 bits per heavy atom. The maximum absolute atomic E-state index is 11.9. The predicted octanol–water partition coefficient (Wildman–Crippen LogP) is 2.41. The van der Waals surface area contributed by atoms with E-state index in [0.29, 0.717) is 12.8 Å². The minimum atomic E-state index is -0.605. The summed E-state index contributed by atoms with van der Waals surface area (Å²) in [5, 5.41) is 11.4. The lowest BCUT2D eigenvalue weighted by atomic mass is 10.0. The van der Waals surface area contributed by atoms with Crippen molar-refractivity contribution in [1.82, 2.24) is 5.32 Å². The summed E-state index contributed by atoms with van der Waals surface area (Å²) in [5.74, 6) is -0.530. The van der Waals surface area contributed by atoms with Crippen molar-refractivity contribution in [2.75, 3.05) is 13.2 Å². The molecule has 0 aliphatic heterocycles. The topological polar surface area (TPSA) is 75.6 Å². The number of hydrogen-bond donors (Lipinski definition) is 2. The van der Waals surface area contributed by atoms with E-state index >= 15 is 0 Å². The Balaban J connectivity index is 4.06. The number of rotatable bonds is 12. The number of aliphatic hydroxyl groups excluding tert-OH is 1. The summed E-state index contributed by atoms with van der Waals surface area (Å²) < 4.78 is 5.05. The fourth-order valence-corrected chi connectivity index (χ4v) is 1.96. The van der Waals surface area contributed by atoms with E-state index in [1.165, 1.54) is 12.8 Å². The highest BCUT2D eigenvalue weighted by Crippen LogP contribution is 2.08. The largest absolute Gasteiger partial charge is 0.464 e. The molecule has 0 fully saturated rings. The fraction of sp³-hybridized carbons (Fsp3) is 0.875. The van der Waals surface area contributed by atoms with Gasteiger partial charge in [-0.2, -0.15) is 0 Å². The first kappa shape index (κ1) is 19.9. The molecule has 0 saturated heterocycles. The van der Waals surface area contributed by atoms with Gasteiger partial charge in [-0.25, -0.2) is 4.79 Å². The molecule has 0 saturated carbocycles. The van der Waals surface area contributed by atoms with Crippen LogP contribution >= 0.6 is 0 Å². The van der Waals surface area contributed by atoms with E-state index in [1.807, 2.05) is 13.8 Å². The molecule has 0 bridgehead atoms. The minimum absolute atomic E-state index is 0.0102. The van der Waals surface area contributed by atoms with Crippen LogP contribution in [-0.4, -0.2) is 36.2 Å². The molecule has 0 aliphatic rings. The van der Waals surface area contributed by atoms with Crippen molar-refractivity contribution in [2.24, 2.45) is 5.92 Å². The molecule has 124 valence electrons. The van der Waals surface area contributed by atoms with Gasteiger partial charge in [-0.3, -0.25) is 4.79 Å². The van der Waals surface area contributed by atoms with Crippen LogP contribution in [0.4, 0.5) is 0 Å². The van der Waals surface area contributed by atoms with Gasteiger partial charge in [0.15, 0.2) is 0 Å². The Morgan fingerprint density at radius 1 is 1.10 bits per heavy atom. The van der Waals surface area contributed by atoms with Gasteiger partial charge in [0, 0.05) is 19.4 Å². The number of esters is 1. The summed E-state index contributed by atoms with van der Waals surface area (Å²) in [7, 11) is 0. The third-order valence-electron chi connectivity index (χ3n) is 3.29. The van der Waals surface area contributed by atoms with Crippen molar-refractivity contribution in [3.8, 4) is 0 Å². The van der Waals surface area contributed by atoms with E-state index in [0.717, 1.165) is 19.3 Å². The van der Waals surface area contributed by atoms with Crippen molar-refractivity contribution in [1.29, 1.82) is 0 Å². The van der Waals surface area contributed by atoms with Crippen LogP contribution < -0.4 is 5.32 Å². The molecule has 0 aromatic carbocycles. The number of nitrogens with one attached hydrogen (secondary N) is 1. The average molecular weight is 301 g/mol. The Morgan fingerprint density at radius 3 is 2.33 bits per heavy atom. The molecule has 0 aromatic rings. The summed E-state index contributed by atoms with van der Waals surface area (Å²) in [6.07, 6.45) is 6.32. The van der Waals surface area contributed by atoms with Crippen molar-refractivity contribution in [3.63, 3.8) is 0 Å². The normalized spacial score (nSPS) is 12.2. The number of carbonyl (C=O) groups excluding carboxylic acids is 2. The first-order valence-corrected chi connectivity index (χ1v) is 8.09. The summed E-state index contributed by atoms with van der Waals surface area (Å²) in [6.45, 7) is 6.08. The Bertz CT molecular complexity index is 292. The van der Waals surface area contributed by atoms with Crippen LogP contribution in [0.1, 0.15) is 65.7 Å². The van der Waals surface area contributed by atoms with E-state index in [4.69, 9.17) is 9.84 Å². The molecule has 5 nitrogen and oxygen atoms in total. The number of ether oxygens (including phenoxy) is 1. The smallest absolute Gasteiger partial charge is 0.328 e. The third-order valence-corrected chi connectivity index (χ3v) is 3.29. The van der Waals surface area contributed by atoms with Gasteiger partial charge in [-0.15, -0.1) is 0 Å². The van der Waals surface area contributed by atoms with Crippen LogP contribution in [0.25, 0.3) is 0 Å². The van der Waals surface area contributed by atoms with Crippen LogP contribution in [0.5, 0.6) is 0 Å². The standard InChI is InChI=1S/C16H31NO4/c1-4-5-6-7-8-10-14(19)17-15(13(2)3)16(20)21-12-9-11-18/h13,15,18H,4-12H2,1-3H3,(H,17,19). The molecule has 0 aliphatic carbocycles. The third kappa shape index (κ3) is 10.3. The summed E-state index contributed by atoms with van der Waals surface area (Å²) >= 11 is 0. The SMILES string of the molecule is CCCCCCCC(=O)NC(C(=O)OCCCO)C(C)C. The molecule has 0 heterocycles. The fourth-order valence-electron chi connectivity index (χ4n) is 1.96. The van der Waals surface area contributed by atoms with Gasteiger partial charge in [0.25, 0.3) is 0 Å². The molecule has 1 amide bonds. The van der Waals surface area contributed by atoms with Crippen molar-refractivity contribution >= 4 is 11.9 Å².